The molecule has 1 heterocycles. The van der Waals surface area contributed by atoms with E-state index in [-0.39, 0.29) is 5.91 Å². The predicted octanol–water partition coefficient (Wildman–Crippen LogP) is 5.55. The summed E-state index contributed by atoms with van der Waals surface area (Å²) < 4.78 is 78.6. The van der Waals surface area contributed by atoms with Gasteiger partial charge in [-0.15, -0.1) is 0 Å². The number of benzene rings is 3. The van der Waals surface area contributed by atoms with Crippen LogP contribution >= 0.6 is 0 Å². The van der Waals surface area contributed by atoms with Crippen LogP contribution in [0.2, 0.25) is 0 Å². The Balaban J connectivity index is 1.35. The van der Waals surface area contributed by atoms with E-state index in [4.69, 9.17) is 0 Å². The van der Waals surface area contributed by atoms with Crippen LogP contribution < -0.4 is 0 Å². The Morgan fingerprint density at radius 2 is 1.18 bits per heavy atom. The van der Waals surface area contributed by atoms with Crippen molar-refractivity contribution in [2.24, 2.45) is 0 Å². The zero-order valence-corrected chi connectivity index (χ0v) is 20.3. The van der Waals surface area contributed by atoms with Gasteiger partial charge in [-0.2, -0.15) is 26.3 Å². The van der Waals surface area contributed by atoms with Gasteiger partial charge in [-0.05, 0) is 22.3 Å². The summed E-state index contributed by atoms with van der Waals surface area (Å²) in [7, 11) is 0. The SMILES string of the molecule is O=C(Cc1ccccc1)N1CCN(Cc2ccc(-c3ccc(C(O)(C(F)(F)F)C(F)(F)F)cc3)cc2)CC1. The van der Waals surface area contributed by atoms with Gasteiger partial charge in [-0.25, -0.2) is 0 Å². The van der Waals surface area contributed by atoms with Crippen molar-refractivity contribution in [2.45, 2.75) is 30.9 Å². The Bertz CT molecular complexity index is 1200. The number of piperazine rings is 1. The van der Waals surface area contributed by atoms with E-state index in [0.717, 1.165) is 23.3 Å². The summed E-state index contributed by atoms with van der Waals surface area (Å²) in [6.07, 6.45) is -11.5. The largest absolute Gasteiger partial charge is 0.430 e. The van der Waals surface area contributed by atoms with Crippen molar-refractivity contribution >= 4 is 5.91 Å². The molecule has 0 bridgehead atoms. The van der Waals surface area contributed by atoms with Crippen LogP contribution in [0.5, 0.6) is 0 Å². The Labute approximate surface area is 216 Å². The molecule has 4 nitrogen and oxygen atoms in total. The Kier molecular flexibility index (Phi) is 7.85. The van der Waals surface area contributed by atoms with Crippen molar-refractivity contribution in [3.63, 3.8) is 0 Å². The first-order valence-corrected chi connectivity index (χ1v) is 12.0. The van der Waals surface area contributed by atoms with Crippen LogP contribution in [-0.2, 0) is 23.4 Å². The van der Waals surface area contributed by atoms with Crippen molar-refractivity contribution in [2.75, 3.05) is 26.2 Å². The summed E-state index contributed by atoms with van der Waals surface area (Å²) in [4.78, 5) is 16.6. The summed E-state index contributed by atoms with van der Waals surface area (Å²) in [5.74, 6) is 0.0927. The molecular formula is C28H26F6N2O2. The van der Waals surface area contributed by atoms with Crippen LogP contribution in [0.25, 0.3) is 11.1 Å². The number of aliphatic hydroxyl groups is 1. The summed E-state index contributed by atoms with van der Waals surface area (Å²) in [5.41, 5.74) is -3.25. The highest BCUT2D eigenvalue weighted by atomic mass is 19.4. The molecule has 3 aromatic rings. The third kappa shape index (κ3) is 5.86. The van der Waals surface area contributed by atoms with E-state index in [9.17, 15) is 36.2 Å². The molecule has 202 valence electrons. The van der Waals surface area contributed by atoms with Gasteiger partial charge in [-0.1, -0.05) is 78.9 Å². The van der Waals surface area contributed by atoms with Crippen LogP contribution in [0.15, 0.2) is 78.9 Å². The van der Waals surface area contributed by atoms with Gasteiger partial charge >= 0.3 is 12.4 Å². The molecule has 1 fully saturated rings. The monoisotopic (exact) mass is 536 g/mol. The van der Waals surface area contributed by atoms with E-state index in [1.807, 2.05) is 47.4 Å². The average Bonchev–Trinajstić information content (AvgIpc) is 2.88. The summed E-state index contributed by atoms with van der Waals surface area (Å²) >= 11 is 0. The molecule has 0 aromatic heterocycles. The fraction of sp³-hybridized carbons (Fsp3) is 0.321. The van der Waals surface area contributed by atoms with Crippen molar-refractivity contribution in [3.05, 3.63) is 95.6 Å². The first kappa shape index (κ1) is 27.7. The number of amides is 1. The van der Waals surface area contributed by atoms with E-state index in [1.165, 1.54) is 0 Å². The van der Waals surface area contributed by atoms with Gasteiger partial charge in [0.1, 0.15) is 0 Å². The van der Waals surface area contributed by atoms with Gasteiger partial charge in [0.2, 0.25) is 5.91 Å². The lowest BCUT2D eigenvalue weighted by Gasteiger charge is -2.35. The molecule has 1 aliphatic rings. The van der Waals surface area contributed by atoms with E-state index in [0.29, 0.717) is 62.4 Å². The van der Waals surface area contributed by atoms with Crippen LogP contribution in [0.1, 0.15) is 16.7 Å². The number of nitrogens with zero attached hydrogens (tertiary/aromatic N) is 2. The predicted molar refractivity (Wildman–Crippen MR) is 130 cm³/mol. The molecule has 0 saturated carbocycles. The second kappa shape index (κ2) is 10.8. The minimum atomic E-state index is -5.92. The number of rotatable bonds is 6. The Morgan fingerprint density at radius 3 is 1.68 bits per heavy atom. The average molecular weight is 537 g/mol. The van der Waals surface area contributed by atoms with Crippen molar-refractivity contribution in [1.29, 1.82) is 0 Å². The third-order valence-corrected chi connectivity index (χ3v) is 6.74. The highest BCUT2D eigenvalue weighted by molar-refractivity contribution is 5.78. The smallest absolute Gasteiger partial charge is 0.369 e. The lowest BCUT2D eigenvalue weighted by atomic mass is 9.90. The molecule has 1 amide bonds. The van der Waals surface area contributed by atoms with Crippen molar-refractivity contribution in [1.82, 2.24) is 9.80 Å². The first-order valence-electron chi connectivity index (χ1n) is 12.0. The summed E-state index contributed by atoms with van der Waals surface area (Å²) in [6.45, 7) is 3.32. The number of halogens is 6. The van der Waals surface area contributed by atoms with Crippen LogP contribution in [0, 0.1) is 0 Å². The molecule has 0 spiro atoms. The summed E-state index contributed by atoms with van der Waals surface area (Å²) in [5, 5.41) is 9.55. The highest BCUT2D eigenvalue weighted by Crippen LogP contribution is 2.50. The molecule has 38 heavy (non-hydrogen) atoms. The molecule has 1 saturated heterocycles. The van der Waals surface area contributed by atoms with E-state index >= 15 is 0 Å². The highest BCUT2D eigenvalue weighted by Gasteiger charge is 2.71. The maximum atomic E-state index is 13.1. The topological polar surface area (TPSA) is 43.8 Å². The van der Waals surface area contributed by atoms with E-state index in [2.05, 4.69) is 4.90 Å². The number of carbonyl (C=O) groups excluding carboxylic acids is 1. The molecule has 0 aliphatic carbocycles. The quantitative estimate of drug-likeness (QED) is 0.420. The van der Waals surface area contributed by atoms with E-state index < -0.39 is 23.5 Å². The van der Waals surface area contributed by atoms with Gasteiger partial charge < -0.3 is 10.0 Å². The number of hydrogen-bond donors (Lipinski definition) is 1. The fourth-order valence-corrected chi connectivity index (χ4v) is 4.49. The molecule has 0 atom stereocenters. The molecule has 1 N–H and O–H groups in total. The maximum absolute atomic E-state index is 13.1. The Morgan fingerprint density at radius 1 is 0.684 bits per heavy atom. The maximum Gasteiger partial charge on any atom is 0.430 e. The second-order valence-corrected chi connectivity index (χ2v) is 9.30. The van der Waals surface area contributed by atoms with Gasteiger partial charge in [0.15, 0.2) is 0 Å². The second-order valence-electron chi connectivity index (χ2n) is 9.30. The number of alkyl halides is 6. The van der Waals surface area contributed by atoms with E-state index in [1.54, 1.807) is 12.1 Å². The lowest BCUT2D eigenvalue weighted by molar-refractivity contribution is -0.376. The van der Waals surface area contributed by atoms with Crippen molar-refractivity contribution < 1.29 is 36.2 Å². The van der Waals surface area contributed by atoms with Crippen LogP contribution in [0.4, 0.5) is 26.3 Å². The number of hydrogen-bond acceptors (Lipinski definition) is 3. The number of carbonyl (C=O) groups is 1. The first-order chi connectivity index (χ1) is 17.9. The van der Waals surface area contributed by atoms with Gasteiger partial charge in [-0.3, -0.25) is 9.69 Å². The third-order valence-electron chi connectivity index (χ3n) is 6.74. The van der Waals surface area contributed by atoms with Crippen LogP contribution in [-0.4, -0.2) is 59.3 Å². The van der Waals surface area contributed by atoms with Crippen LogP contribution in [0.3, 0.4) is 0 Å². The molecule has 0 unspecified atom stereocenters. The molecule has 0 radical (unpaired) electrons. The zero-order valence-electron chi connectivity index (χ0n) is 20.3. The van der Waals surface area contributed by atoms with Gasteiger partial charge in [0.25, 0.3) is 5.60 Å². The summed E-state index contributed by atoms with van der Waals surface area (Å²) in [6, 6.07) is 20.3. The lowest BCUT2D eigenvalue weighted by Crippen LogP contribution is -2.53. The minimum Gasteiger partial charge on any atom is -0.369 e. The molecule has 10 heteroatoms. The standard InChI is InChI=1S/C28H26F6N2O2/c29-27(30,31)26(38,28(32,33)34)24-12-10-23(11-13-24)22-8-6-21(7-9-22)19-35-14-16-36(17-15-35)25(37)18-20-4-2-1-3-5-20/h1-13,38H,14-19H2. The molecule has 3 aromatic carbocycles. The minimum absolute atomic E-state index is 0.0927. The fourth-order valence-electron chi connectivity index (χ4n) is 4.49. The normalized spacial score (nSPS) is 15.5. The van der Waals surface area contributed by atoms with Crippen molar-refractivity contribution in [3.8, 4) is 11.1 Å². The molecule has 1 aliphatic heterocycles. The molecule has 4 rings (SSSR count). The van der Waals surface area contributed by atoms with Gasteiger partial charge in [0.05, 0.1) is 6.42 Å². The van der Waals surface area contributed by atoms with Gasteiger partial charge in [0, 0.05) is 38.3 Å². The molecular weight excluding hydrogens is 510 g/mol. The Hall–Kier alpha value is -3.37. The zero-order chi connectivity index (χ0) is 27.6.